The summed E-state index contributed by atoms with van der Waals surface area (Å²) in [6, 6.07) is 6.32. The standard InChI is InChI=1S/C13H11FO2S/c1-7-6-11(8(2)17-7)9-4-3-5-10(12(9)14)13(15)16/h3-6H,1-2H3,(H,15,16). The molecule has 2 aromatic rings. The molecular weight excluding hydrogens is 239 g/mol. The fourth-order valence-electron chi connectivity index (χ4n) is 1.80. The molecule has 0 saturated heterocycles. The molecule has 0 radical (unpaired) electrons. The van der Waals surface area contributed by atoms with E-state index < -0.39 is 11.8 Å². The number of hydrogen-bond donors (Lipinski definition) is 1. The molecule has 1 aromatic carbocycles. The second-order valence-electron chi connectivity index (χ2n) is 3.80. The maximum absolute atomic E-state index is 14.0. The third-order valence-corrected chi connectivity index (χ3v) is 3.53. The molecule has 0 saturated carbocycles. The van der Waals surface area contributed by atoms with E-state index in [2.05, 4.69) is 0 Å². The van der Waals surface area contributed by atoms with Gasteiger partial charge in [0.15, 0.2) is 0 Å². The molecule has 0 atom stereocenters. The lowest BCUT2D eigenvalue weighted by Gasteiger charge is -2.05. The molecule has 88 valence electrons. The number of carbonyl (C=O) groups is 1. The van der Waals surface area contributed by atoms with Crippen LogP contribution in [0.1, 0.15) is 20.1 Å². The summed E-state index contributed by atoms with van der Waals surface area (Å²) in [4.78, 5) is 12.9. The van der Waals surface area contributed by atoms with Gasteiger partial charge in [0, 0.05) is 15.3 Å². The van der Waals surface area contributed by atoms with Gasteiger partial charge in [0.25, 0.3) is 0 Å². The van der Waals surface area contributed by atoms with Crippen molar-refractivity contribution in [2.45, 2.75) is 13.8 Å². The topological polar surface area (TPSA) is 37.3 Å². The van der Waals surface area contributed by atoms with E-state index in [-0.39, 0.29) is 5.56 Å². The van der Waals surface area contributed by atoms with Crippen molar-refractivity contribution in [2.24, 2.45) is 0 Å². The first-order valence-electron chi connectivity index (χ1n) is 5.10. The number of halogens is 1. The van der Waals surface area contributed by atoms with Gasteiger partial charge in [-0.2, -0.15) is 0 Å². The van der Waals surface area contributed by atoms with Gasteiger partial charge in [-0.25, -0.2) is 9.18 Å². The first-order valence-corrected chi connectivity index (χ1v) is 5.91. The average molecular weight is 250 g/mol. The van der Waals surface area contributed by atoms with Crippen molar-refractivity contribution in [1.29, 1.82) is 0 Å². The Bertz CT molecular complexity index is 587. The number of aromatic carboxylic acids is 1. The van der Waals surface area contributed by atoms with E-state index in [4.69, 9.17) is 5.11 Å². The molecule has 0 amide bonds. The molecule has 0 unspecified atom stereocenters. The summed E-state index contributed by atoms with van der Waals surface area (Å²) < 4.78 is 14.0. The lowest BCUT2D eigenvalue weighted by Crippen LogP contribution is -2.01. The molecule has 1 N–H and O–H groups in total. The van der Waals surface area contributed by atoms with Crippen LogP contribution in [0.3, 0.4) is 0 Å². The summed E-state index contributed by atoms with van der Waals surface area (Å²) in [5.41, 5.74) is 0.839. The lowest BCUT2D eigenvalue weighted by atomic mass is 10.0. The molecule has 0 spiro atoms. The summed E-state index contributed by atoms with van der Waals surface area (Å²) in [5.74, 6) is -1.91. The molecule has 0 aliphatic rings. The maximum atomic E-state index is 14.0. The van der Waals surface area contributed by atoms with E-state index in [1.807, 2.05) is 19.9 Å². The Morgan fingerprint density at radius 3 is 2.53 bits per heavy atom. The highest BCUT2D eigenvalue weighted by Crippen LogP contribution is 2.33. The van der Waals surface area contributed by atoms with Gasteiger partial charge in [-0.05, 0) is 31.5 Å². The Labute approximate surface area is 102 Å². The average Bonchev–Trinajstić information content (AvgIpc) is 2.57. The summed E-state index contributed by atoms with van der Waals surface area (Å²) in [5, 5.41) is 8.87. The van der Waals surface area contributed by atoms with E-state index in [0.29, 0.717) is 5.56 Å². The minimum absolute atomic E-state index is 0.286. The second kappa shape index (κ2) is 4.30. The van der Waals surface area contributed by atoms with Crippen LogP contribution in [-0.4, -0.2) is 11.1 Å². The molecule has 2 rings (SSSR count). The first-order chi connectivity index (χ1) is 8.00. The van der Waals surface area contributed by atoms with Gasteiger partial charge in [-0.1, -0.05) is 12.1 Å². The van der Waals surface area contributed by atoms with Crippen LogP contribution in [0.2, 0.25) is 0 Å². The number of carboxylic acid groups (broad SMARTS) is 1. The van der Waals surface area contributed by atoms with Crippen LogP contribution in [0.5, 0.6) is 0 Å². The van der Waals surface area contributed by atoms with Crippen molar-refractivity contribution in [3.63, 3.8) is 0 Å². The summed E-state index contributed by atoms with van der Waals surface area (Å²) >= 11 is 1.57. The van der Waals surface area contributed by atoms with Crippen LogP contribution in [0, 0.1) is 19.7 Å². The minimum atomic E-state index is -1.24. The van der Waals surface area contributed by atoms with Crippen molar-refractivity contribution >= 4 is 17.3 Å². The van der Waals surface area contributed by atoms with Crippen LogP contribution in [-0.2, 0) is 0 Å². The SMILES string of the molecule is Cc1cc(-c2cccc(C(=O)O)c2F)c(C)s1. The minimum Gasteiger partial charge on any atom is -0.478 e. The van der Waals surface area contributed by atoms with E-state index in [1.54, 1.807) is 23.5 Å². The van der Waals surface area contributed by atoms with Crippen LogP contribution in [0.4, 0.5) is 4.39 Å². The van der Waals surface area contributed by atoms with E-state index in [9.17, 15) is 9.18 Å². The monoisotopic (exact) mass is 250 g/mol. The van der Waals surface area contributed by atoms with Gasteiger partial charge in [0.05, 0.1) is 5.56 Å². The smallest absolute Gasteiger partial charge is 0.338 e. The fraction of sp³-hybridized carbons (Fsp3) is 0.154. The number of aryl methyl sites for hydroxylation is 2. The summed E-state index contributed by atoms with van der Waals surface area (Å²) in [7, 11) is 0. The van der Waals surface area contributed by atoms with Gasteiger partial charge in [-0.15, -0.1) is 11.3 Å². The zero-order valence-electron chi connectivity index (χ0n) is 9.45. The van der Waals surface area contributed by atoms with Crippen molar-refractivity contribution in [3.8, 4) is 11.1 Å². The zero-order chi connectivity index (χ0) is 12.6. The highest BCUT2D eigenvalue weighted by Gasteiger charge is 2.16. The highest BCUT2D eigenvalue weighted by molar-refractivity contribution is 7.12. The lowest BCUT2D eigenvalue weighted by molar-refractivity contribution is 0.0692. The molecule has 2 nitrogen and oxygen atoms in total. The van der Waals surface area contributed by atoms with Crippen LogP contribution >= 0.6 is 11.3 Å². The van der Waals surface area contributed by atoms with E-state index >= 15 is 0 Å². The molecule has 0 fully saturated rings. The van der Waals surface area contributed by atoms with Gasteiger partial charge in [0.2, 0.25) is 0 Å². The first kappa shape index (κ1) is 11.8. The molecule has 1 aromatic heterocycles. The summed E-state index contributed by atoms with van der Waals surface area (Å²) in [6.45, 7) is 3.85. The Morgan fingerprint density at radius 1 is 1.29 bits per heavy atom. The Balaban J connectivity index is 2.64. The van der Waals surface area contributed by atoms with Gasteiger partial charge in [0.1, 0.15) is 5.82 Å². The number of hydrogen-bond acceptors (Lipinski definition) is 2. The predicted octanol–water partition coefficient (Wildman–Crippen LogP) is 3.87. The molecule has 17 heavy (non-hydrogen) atoms. The third kappa shape index (κ3) is 2.08. The van der Waals surface area contributed by atoms with Crippen molar-refractivity contribution < 1.29 is 14.3 Å². The van der Waals surface area contributed by atoms with E-state index in [0.717, 1.165) is 15.3 Å². The number of thiophene rings is 1. The van der Waals surface area contributed by atoms with Crippen molar-refractivity contribution in [1.82, 2.24) is 0 Å². The van der Waals surface area contributed by atoms with Crippen LogP contribution in [0.15, 0.2) is 24.3 Å². The molecular formula is C13H11FO2S. The largest absolute Gasteiger partial charge is 0.478 e. The molecule has 0 aliphatic heterocycles. The normalized spacial score (nSPS) is 10.5. The molecule has 1 heterocycles. The zero-order valence-corrected chi connectivity index (χ0v) is 10.3. The van der Waals surface area contributed by atoms with Gasteiger partial charge < -0.3 is 5.11 Å². The number of benzene rings is 1. The van der Waals surface area contributed by atoms with Crippen LogP contribution < -0.4 is 0 Å². The third-order valence-electron chi connectivity index (χ3n) is 2.56. The Kier molecular flexibility index (Phi) is 2.98. The molecule has 0 aliphatic carbocycles. The van der Waals surface area contributed by atoms with Crippen molar-refractivity contribution in [3.05, 3.63) is 45.4 Å². The van der Waals surface area contributed by atoms with Gasteiger partial charge in [-0.3, -0.25) is 0 Å². The molecule has 4 heteroatoms. The Hall–Kier alpha value is -1.68. The van der Waals surface area contributed by atoms with Crippen molar-refractivity contribution in [2.75, 3.05) is 0 Å². The predicted molar refractivity (Wildman–Crippen MR) is 66.1 cm³/mol. The Morgan fingerprint density at radius 2 is 2.00 bits per heavy atom. The molecule has 0 bridgehead atoms. The maximum Gasteiger partial charge on any atom is 0.338 e. The number of rotatable bonds is 2. The fourth-order valence-corrected chi connectivity index (χ4v) is 2.74. The number of carboxylic acids is 1. The van der Waals surface area contributed by atoms with Gasteiger partial charge >= 0.3 is 5.97 Å². The summed E-state index contributed by atoms with van der Waals surface area (Å²) in [6.07, 6.45) is 0. The second-order valence-corrected chi connectivity index (χ2v) is 5.26. The van der Waals surface area contributed by atoms with Crippen LogP contribution in [0.25, 0.3) is 11.1 Å². The highest BCUT2D eigenvalue weighted by atomic mass is 32.1. The van der Waals surface area contributed by atoms with E-state index in [1.165, 1.54) is 6.07 Å². The quantitative estimate of drug-likeness (QED) is 0.878.